The molecule has 1 fully saturated rings. The molecule has 0 aromatic carbocycles. The van der Waals surface area contributed by atoms with Gasteiger partial charge in [0.15, 0.2) is 0 Å². The summed E-state index contributed by atoms with van der Waals surface area (Å²) in [6.45, 7) is 5.68. The molecule has 1 N–H and O–H groups in total. The zero-order valence-corrected chi connectivity index (χ0v) is 12.8. The van der Waals surface area contributed by atoms with Gasteiger partial charge >= 0.3 is 0 Å². The fraction of sp³-hybridized carbons (Fsp3) is 0.615. The zero-order valence-electron chi connectivity index (χ0n) is 11.3. The molecule has 0 saturated carbocycles. The standard InChI is InChI=1S/C13H19Cl2N3O2/c14-11-9-12(15)13(16-10-11)18-3-1-17(2-4-18)5-7-20-8-6-19/h9-10,19H,1-8H2. The maximum absolute atomic E-state index is 8.64. The summed E-state index contributed by atoms with van der Waals surface area (Å²) in [5.41, 5.74) is 0. The summed E-state index contributed by atoms with van der Waals surface area (Å²) in [6.07, 6.45) is 1.62. The molecule has 0 aliphatic carbocycles. The van der Waals surface area contributed by atoms with E-state index >= 15 is 0 Å². The molecule has 0 radical (unpaired) electrons. The van der Waals surface area contributed by atoms with Crippen LogP contribution >= 0.6 is 23.2 Å². The van der Waals surface area contributed by atoms with Crippen LogP contribution in [0.4, 0.5) is 5.82 Å². The Bertz CT molecular complexity index is 426. The van der Waals surface area contributed by atoms with Gasteiger partial charge in [-0.25, -0.2) is 4.98 Å². The van der Waals surface area contributed by atoms with Crippen molar-refractivity contribution in [3.8, 4) is 0 Å². The molecule has 1 aromatic heterocycles. The highest BCUT2D eigenvalue weighted by Crippen LogP contribution is 2.26. The molecule has 0 unspecified atom stereocenters. The van der Waals surface area contributed by atoms with Crippen molar-refractivity contribution in [3.63, 3.8) is 0 Å². The van der Waals surface area contributed by atoms with Crippen LogP contribution in [0.1, 0.15) is 0 Å². The Hall–Kier alpha value is -0.590. The maximum Gasteiger partial charge on any atom is 0.147 e. The molecule has 112 valence electrons. The van der Waals surface area contributed by atoms with Crippen molar-refractivity contribution in [2.24, 2.45) is 0 Å². The number of hydrogen-bond acceptors (Lipinski definition) is 5. The van der Waals surface area contributed by atoms with Gasteiger partial charge in [-0.1, -0.05) is 23.2 Å². The molecular formula is C13H19Cl2N3O2. The lowest BCUT2D eigenvalue weighted by Crippen LogP contribution is -2.47. The third kappa shape index (κ3) is 4.46. The zero-order chi connectivity index (χ0) is 14.4. The smallest absolute Gasteiger partial charge is 0.147 e. The van der Waals surface area contributed by atoms with E-state index in [9.17, 15) is 0 Å². The first-order valence-corrected chi connectivity index (χ1v) is 7.43. The van der Waals surface area contributed by atoms with Crippen molar-refractivity contribution in [2.75, 3.05) is 57.4 Å². The second kappa shape index (κ2) is 8.00. The second-order valence-electron chi connectivity index (χ2n) is 4.62. The molecule has 0 bridgehead atoms. The molecule has 0 amide bonds. The summed E-state index contributed by atoms with van der Waals surface area (Å²) in [5, 5.41) is 9.78. The van der Waals surface area contributed by atoms with E-state index in [1.54, 1.807) is 12.3 Å². The summed E-state index contributed by atoms with van der Waals surface area (Å²) in [7, 11) is 0. The van der Waals surface area contributed by atoms with Crippen LogP contribution in [0, 0.1) is 0 Å². The Morgan fingerprint density at radius 3 is 2.60 bits per heavy atom. The van der Waals surface area contributed by atoms with Crippen LogP contribution in [0.25, 0.3) is 0 Å². The van der Waals surface area contributed by atoms with Gasteiger partial charge in [0.1, 0.15) is 5.82 Å². The van der Waals surface area contributed by atoms with Gasteiger partial charge in [0.2, 0.25) is 0 Å². The summed E-state index contributed by atoms with van der Waals surface area (Å²) >= 11 is 12.0. The van der Waals surface area contributed by atoms with Crippen LogP contribution in [-0.2, 0) is 4.74 Å². The number of aromatic nitrogens is 1. The molecule has 2 rings (SSSR count). The van der Waals surface area contributed by atoms with Gasteiger partial charge < -0.3 is 14.7 Å². The highest BCUT2D eigenvalue weighted by Gasteiger charge is 2.19. The molecule has 0 spiro atoms. The van der Waals surface area contributed by atoms with Gasteiger partial charge in [0.05, 0.1) is 29.9 Å². The lowest BCUT2D eigenvalue weighted by Gasteiger charge is -2.35. The van der Waals surface area contributed by atoms with Gasteiger partial charge in [0, 0.05) is 38.9 Å². The molecule has 0 atom stereocenters. The minimum Gasteiger partial charge on any atom is -0.394 e. The number of halogens is 2. The van der Waals surface area contributed by atoms with E-state index in [-0.39, 0.29) is 6.61 Å². The molecule has 1 saturated heterocycles. The number of aliphatic hydroxyl groups excluding tert-OH is 1. The number of aliphatic hydroxyl groups is 1. The Morgan fingerprint density at radius 2 is 1.95 bits per heavy atom. The lowest BCUT2D eigenvalue weighted by molar-refractivity contribution is 0.0724. The minimum absolute atomic E-state index is 0.0779. The van der Waals surface area contributed by atoms with Crippen molar-refractivity contribution >= 4 is 29.0 Å². The van der Waals surface area contributed by atoms with Crippen molar-refractivity contribution in [1.82, 2.24) is 9.88 Å². The fourth-order valence-electron chi connectivity index (χ4n) is 2.18. The summed E-state index contributed by atoms with van der Waals surface area (Å²) in [5.74, 6) is 0.798. The first-order valence-electron chi connectivity index (χ1n) is 6.67. The van der Waals surface area contributed by atoms with E-state index in [1.165, 1.54) is 0 Å². The average Bonchev–Trinajstić information content (AvgIpc) is 2.45. The van der Waals surface area contributed by atoms with Crippen LogP contribution < -0.4 is 4.90 Å². The van der Waals surface area contributed by atoms with E-state index in [0.29, 0.717) is 23.3 Å². The Kier molecular flexibility index (Phi) is 6.32. The SMILES string of the molecule is OCCOCCN1CCN(c2ncc(Cl)cc2Cl)CC1. The first-order chi connectivity index (χ1) is 9.70. The molecule has 20 heavy (non-hydrogen) atoms. The number of piperazine rings is 1. The topological polar surface area (TPSA) is 48.8 Å². The molecule has 1 aliphatic rings. The van der Waals surface area contributed by atoms with Gasteiger partial charge in [-0.15, -0.1) is 0 Å². The van der Waals surface area contributed by atoms with E-state index in [0.717, 1.165) is 38.5 Å². The third-order valence-electron chi connectivity index (χ3n) is 3.25. The number of ether oxygens (including phenoxy) is 1. The summed E-state index contributed by atoms with van der Waals surface area (Å²) in [6, 6.07) is 1.72. The largest absolute Gasteiger partial charge is 0.394 e. The molecule has 1 aromatic rings. The van der Waals surface area contributed by atoms with Crippen LogP contribution in [0.15, 0.2) is 12.3 Å². The predicted octanol–water partition coefficient (Wildman–Crippen LogP) is 1.52. The van der Waals surface area contributed by atoms with Crippen molar-refractivity contribution in [2.45, 2.75) is 0 Å². The quantitative estimate of drug-likeness (QED) is 0.806. The van der Waals surface area contributed by atoms with Crippen LogP contribution in [0.5, 0.6) is 0 Å². The highest BCUT2D eigenvalue weighted by atomic mass is 35.5. The van der Waals surface area contributed by atoms with E-state index in [2.05, 4.69) is 14.8 Å². The molecule has 1 aliphatic heterocycles. The monoisotopic (exact) mass is 319 g/mol. The van der Waals surface area contributed by atoms with E-state index < -0.39 is 0 Å². The van der Waals surface area contributed by atoms with Gasteiger partial charge in [-0.05, 0) is 6.07 Å². The predicted molar refractivity (Wildman–Crippen MR) is 80.8 cm³/mol. The van der Waals surface area contributed by atoms with Crippen LogP contribution in [-0.4, -0.2) is 67.5 Å². The van der Waals surface area contributed by atoms with E-state index in [4.69, 9.17) is 33.0 Å². The maximum atomic E-state index is 8.64. The van der Waals surface area contributed by atoms with E-state index in [1.807, 2.05) is 0 Å². The Balaban J connectivity index is 1.79. The van der Waals surface area contributed by atoms with Crippen molar-refractivity contribution in [3.05, 3.63) is 22.3 Å². The lowest BCUT2D eigenvalue weighted by atomic mass is 10.3. The number of nitrogens with zero attached hydrogens (tertiary/aromatic N) is 3. The summed E-state index contributed by atoms with van der Waals surface area (Å²) in [4.78, 5) is 8.81. The Morgan fingerprint density at radius 1 is 1.20 bits per heavy atom. The van der Waals surface area contributed by atoms with Gasteiger partial charge in [-0.2, -0.15) is 0 Å². The summed E-state index contributed by atoms with van der Waals surface area (Å²) < 4.78 is 5.28. The highest BCUT2D eigenvalue weighted by molar-refractivity contribution is 6.36. The molecule has 2 heterocycles. The van der Waals surface area contributed by atoms with Gasteiger partial charge in [-0.3, -0.25) is 4.90 Å². The molecule has 7 heteroatoms. The van der Waals surface area contributed by atoms with Gasteiger partial charge in [0.25, 0.3) is 0 Å². The van der Waals surface area contributed by atoms with Crippen molar-refractivity contribution < 1.29 is 9.84 Å². The number of rotatable bonds is 6. The normalized spacial score (nSPS) is 16.6. The first kappa shape index (κ1) is 15.8. The fourth-order valence-corrected chi connectivity index (χ4v) is 2.68. The average molecular weight is 320 g/mol. The second-order valence-corrected chi connectivity index (χ2v) is 5.47. The molecule has 5 nitrogen and oxygen atoms in total. The number of pyridine rings is 1. The number of hydrogen-bond donors (Lipinski definition) is 1. The Labute approximate surface area is 129 Å². The van der Waals surface area contributed by atoms with Crippen LogP contribution in [0.3, 0.4) is 0 Å². The van der Waals surface area contributed by atoms with Crippen LogP contribution in [0.2, 0.25) is 10.0 Å². The minimum atomic E-state index is 0.0779. The third-order valence-corrected chi connectivity index (χ3v) is 3.73. The molecular weight excluding hydrogens is 301 g/mol. The van der Waals surface area contributed by atoms with Crippen molar-refractivity contribution in [1.29, 1.82) is 0 Å². The number of anilines is 1.